The summed E-state index contributed by atoms with van der Waals surface area (Å²) < 4.78 is 1.42. The third kappa shape index (κ3) is 2.49. The van der Waals surface area contributed by atoms with Gasteiger partial charge in [0.25, 0.3) is 5.56 Å². The number of fused-ring (bicyclic) bond motifs is 1. The van der Waals surface area contributed by atoms with E-state index in [1.54, 1.807) is 25.2 Å². The first kappa shape index (κ1) is 13.6. The molecular formula is C13H13N5O2S. The molecule has 7 nitrogen and oxygen atoms in total. The van der Waals surface area contributed by atoms with Gasteiger partial charge in [0.05, 0.1) is 16.2 Å². The van der Waals surface area contributed by atoms with Crippen LogP contribution in [0, 0.1) is 0 Å². The van der Waals surface area contributed by atoms with Gasteiger partial charge in [0.2, 0.25) is 0 Å². The molecule has 0 fully saturated rings. The number of rotatable bonds is 3. The number of aromatic amines is 2. The van der Waals surface area contributed by atoms with Gasteiger partial charge < -0.3 is 4.98 Å². The molecule has 0 radical (unpaired) electrons. The van der Waals surface area contributed by atoms with Crippen LogP contribution in [0.25, 0.3) is 10.9 Å². The second-order valence-corrected chi connectivity index (χ2v) is 5.91. The molecule has 0 aliphatic heterocycles. The van der Waals surface area contributed by atoms with Crippen LogP contribution in [0.1, 0.15) is 18.0 Å². The van der Waals surface area contributed by atoms with Gasteiger partial charge in [-0.15, -0.1) is 5.10 Å². The first-order chi connectivity index (χ1) is 10.1. The first-order valence-electron chi connectivity index (χ1n) is 6.33. The molecule has 0 aliphatic rings. The van der Waals surface area contributed by atoms with Crippen LogP contribution < -0.4 is 11.2 Å². The van der Waals surface area contributed by atoms with Gasteiger partial charge in [0.15, 0.2) is 5.16 Å². The second-order valence-electron chi connectivity index (χ2n) is 4.60. The van der Waals surface area contributed by atoms with E-state index in [0.29, 0.717) is 21.9 Å². The van der Waals surface area contributed by atoms with Gasteiger partial charge in [-0.25, -0.2) is 14.9 Å². The fourth-order valence-corrected chi connectivity index (χ4v) is 2.83. The van der Waals surface area contributed by atoms with Crippen LogP contribution in [-0.2, 0) is 7.05 Å². The summed E-state index contributed by atoms with van der Waals surface area (Å²) in [4.78, 5) is 30.6. The third-order valence-electron chi connectivity index (χ3n) is 3.14. The van der Waals surface area contributed by atoms with E-state index in [1.165, 1.54) is 16.3 Å². The normalized spacial score (nSPS) is 12.7. The smallest absolute Gasteiger partial charge is 0.309 e. The summed E-state index contributed by atoms with van der Waals surface area (Å²) in [6.07, 6.45) is 0. The van der Waals surface area contributed by atoms with Crippen molar-refractivity contribution in [3.8, 4) is 0 Å². The highest BCUT2D eigenvalue weighted by atomic mass is 32.2. The Morgan fingerprint density at radius 3 is 2.76 bits per heavy atom. The summed E-state index contributed by atoms with van der Waals surface area (Å²) >= 11 is 1.35. The highest BCUT2D eigenvalue weighted by molar-refractivity contribution is 7.99. The number of para-hydroxylation sites is 1. The van der Waals surface area contributed by atoms with Crippen LogP contribution in [0.15, 0.2) is 39.0 Å². The van der Waals surface area contributed by atoms with E-state index in [1.807, 2.05) is 13.0 Å². The van der Waals surface area contributed by atoms with E-state index in [0.717, 1.165) is 0 Å². The Bertz CT molecular complexity index is 911. The molecule has 1 aromatic carbocycles. The molecule has 21 heavy (non-hydrogen) atoms. The van der Waals surface area contributed by atoms with Crippen LogP contribution in [0.5, 0.6) is 0 Å². The number of benzene rings is 1. The van der Waals surface area contributed by atoms with Gasteiger partial charge in [0, 0.05) is 7.05 Å². The van der Waals surface area contributed by atoms with E-state index >= 15 is 0 Å². The lowest BCUT2D eigenvalue weighted by Gasteiger charge is -2.10. The molecule has 0 bridgehead atoms. The van der Waals surface area contributed by atoms with Gasteiger partial charge >= 0.3 is 5.69 Å². The lowest BCUT2D eigenvalue weighted by atomic mass is 10.2. The predicted octanol–water partition coefficient (Wildman–Crippen LogP) is 1.20. The molecule has 0 amide bonds. The molecule has 0 unspecified atom stereocenters. The van der Waals surface area contributed by atoms with E-state index < -0.39 is 0 Å². The molecule has 2 aromatic heterocycles. The summed E-state index contributed by atoms with van der Waals surface area (Å²) in [6, 6.07) is 7.18. The maximum absolute atomic E-state index is 12.0. The summed E-state index contributed by atoms with van der Waals surface area (Å²) in [5.41, 5.74) is 0.211. The molecule has 108 valence electrons. The summed E-state index contributed by atoms with van der Waals surface area (Å²) in [6.45, 7) is 1.90. The standard InChI is InChI=1S/C13H13N5O2S/c1-7(21-13-17-16-12(20)18(13)2)10-14-9-6-4-3-5-8(9)11(19)15-10/h3-7H,1-2H3,(H,16,20)(H,14,15,19)/t7-/m1/s1. The van der Waals surface area contributed by atoms with Crippen molar-refractivity contribution in [1.82, 2.24) is 24.7 Å². The maximum Gasteiger partial charge on any atom is 0.343 e. The molecule has 2 heterocycles. The molecule has 1 atom stereocenters. The van der Waals surface area contributed by atoms with E-state index in [-0.39, 0.29) is 16.5 Å². The monoisotopic (exact) mass is 303 g/mol. The average Bonchev–Trinajstić information content (AvgIpc) is 2.79. The maximum atomic E-state index is 12.0. The fourth-order valence-electron chi connectivity index (χ4n) is 1.95. The molecule has 8 heteroatoms. The highest BCUT2D eigenvalue weighted by Gasteiger charge is 2.15. The topological polar surface area (TPSA) is 96.4 Å². The second kappa shape index (κ2) is 5.21. The molecule has 0 spiro atoms. The highest BCUT2D eigenvalue weighted by Crippen LogP contribution is 2.30. The number of thioether (sulfide) groups is 1. The lowest BCUT2D eigenvalue weighted by Crippen LogP contribution is -2.14. The fraction of sp³-hybridized carbons (Fsp3) is 0.231. The van der Waals surface area contributed by atoms with Crippen molar-refractivity contribution in [2.24, 2.45) is 7.05 Å². The van der Waals surface area contributed by atoms with Crippen molar-refractivity contribution < 1.29 is 0 Å². The molecule has 3 rings (SSSR count). The number of hydrogen-bond acceptors (Lipinski definition) is 5. The SMILES string of the molecule is C[C@@H](Sc1n[nH]c(=O)n1C)c1nc2ccccc2c(=O)[nH]1. The Hall–Kier alpha value is -2.35. The molecule has 0 saturated heterocycles. The lowest BCUT2D eigenvalue weighted by molar-refractivity contribution is 0.760. The minimum Gasteiger partial charge on any atom is -0.309 e. The minimum atomic E-state index is -0.273. The van der Waals surface area contributed by atoms with Gasteiger partial charge in [0.1, 0.15) is 5.82 Å². The van der Waals surface area contributed by atoms with Gasteiger partial charge in [-0.05, 0) is 19.1 Å². The Morgan fingerprint density at radius 2 is 2.05 bits per heavy atom. The Balaban J connectivity index is 1.98. The number of nitrogens with one attached hydrogen (secondary N) is 2. The quantitative estimate of drug-likeness (QED) is 0.709. The predicted molar refractivity (Wildman–Crippen MR) is 80.5 cm³/mol. The molecule has 2 N–H and O–H groups in total. The van der Waals surface area contributed by atoms with Crippen LogP contribution in [-0.4, -0.2) is 24.7 Å². The number of aromatic nitrogens is 5. The summed E-state index contributed by atoms with van der Waals surface area (Å²) in [5, 5.41) is 7.28. The van der Waals surface area contributed by atoms with Crippen molar-refractivity contribution in [3.05, 3.63) is 50.9 Å². The van der Waals surface area contributed by atoms with Gasteiger partial charge in [-0.3, -0.25) is 9.36 Å². The van der Waals surface area contributed by atoms with Crippen molar-refractivity contribution in [1.29, 1.82) is 0 Å². The molecule has 0 aliphatic carbocycles. The van der Waals surface area contributed by atoms with E-state index in [2.05, 4.69) is 20.2 Å². The Labute approximate surface area is 123 Å². The third-order valence-corrected chi connectivity index (χ3v) is 4.29. The van der Waals surface area contributed by atoms with Crippen LogP contribution in [0.4, 0.5) is 0 Å². The summed E-state index contributed by atoms with van der Waals surface area (Å²) in [7, 11) is 1.64. The number of hydrogen-bond donors (Lipinski definition) is 2. The van der Waals surface area contributed by atoms with E-state index in [9.17, 15) is 9.59 Å². The largest absolute Gasteiger partial charge is 0.343 e. The zero-order chi connectivity index (χ0) is 15.0. The Morgan fingerprint density at radius 1 is 1.29 bits per heavy atom. The zero-order valence-corrected chi connectivity index (χ0v) is 12.3. The Kier molecular flexibility index (Phi) is 3.38. The molecular weight excluding hydrogens is 290 g/mol. The number of H-pyrrole nitrogens is 2. The zero-order valence-electron chi connectivity index (χ0n) is 11.5. The average molecular weight is 303 g/mol. The van der Waals surface area contributed by atoms with Gasteiger partial charge in [-0.1, -0.05) is 23.9 Å². The number of nitrogens with zero attached hydrogens (tertiary/aromatic N) is 3. The minimum absolute atomic E-state index is 0.142. The van der Waals surface area contributed by atoms with Crippen molar-refractivity contribution >= 4 is 22.7 Å². The van der Waals surface area contributed by atoms with Crippen molar-refractivity contribution in [3.63, 3.8) is 0 Å². The summed E-state index contributed by atoms with van der Waals surface area (Å²) in [5.74, 6) is 0.555. The molecule has 0 saturated carbocycles. The van der Waals surface area contributed by atoms with Crippen LogP contribution >= 0.6 is 11.8 Å². The van der Waals surface area contributed by atoms with Crippen molar-refractivity contribution in [2.45, 2.75) is 17.3 Å². The molecule has 3 aromatic rings. The van der Waals surface area contributed by atoms with E-state index in [4.69, 9.17) is 0 Å². The van der Waals surface area contributed by atoms with Crippen molar-refractivity contribution in [2.75, 3.05) is 0 Å². The van der Waals surface area contributed by atoms with Crippen LogP contribution in [0.2, 0.25) is 0 Å². The van der Waals surface area contributed by atoms with Crippen LogP contribution in [0.3, 0.4) is 0 Å². The first-order valence-corrected chi connectivity index (χ1v) is 7.21. The van der Waals surface area contributed by atoms with Gasteiger partial charge in [-0.2, -0.15) is 0 Å².